The van der Waals surface area contributed by atoms with E-state index in [4.69, 9.17) is 15.2 Å². The normalized spacial score (nSPS) is 13.8. The molecule has 1 aliphatic heterocycles. The number of benzene rings is 2. The van der Waals surface area contributed by atoms with E-state index >= 15 is 0 Å². The Morgan fingerprint density at radius 3 is 2.71 bits per heavy atom. The summed E-state index contributed by atoms with van der Waals surface area (Å²) in [6, 6.07) is 15.2. The van der Waals surface area contributed by atoms with Gasteiger partial charge in [-0.25, -0.2) is 4.68 Å². The second kappa shape index (κ2) is 9.20. The van der Waals surface area contributed by atoms with Crippen molar-refractivity contribution in [2.24, 2.45) is 5.73 Å². The van der Waals surface area contributed by atoms with Gasteiger partial charge in [0.05, 0.1) is 37.4 Å². The zero-order valence-corrected chi connectivity index (χ0v) is 17.8. The number of hydrogen-bond acceptors (Lipinski definition) is 6. The van der Waals surface area contributed by atoms with Gasteiger partial charge in [0.1, 0.15) is 11.4 Å². The van der Waals surface area contributed by atoms with Crippen LogP contribution in [0.15, 0.2) is 48.5 Å². The van der Waals surface area contributed by atoms with Crippen molar-refractivity contribution < 1.29 is 14.3 Å². The number of carbonyl (C=O) groups excluding carboxylic acids is 1. The quantitative estimate of drug-likeness (QED) is 0.636. The number of ether oxygens (including phenoxy) is 2. The molecule has 1 aromatic heterocycles. The molecule has 1 aliphatic rings. The highest BCUT2D eigenvalue weighted by molar-refractivity contribution is 6.04. The first-order valence-electron chi connectivity index (χ1n) is 10.3. The molecule has 0 radical (unpaired) electrons. The predicted molar refractivity (Wildman–Crippen MR) is 120 cm³/mol. The number of hydrogen-bond donors (Lipinski definition) is 2. The van der Waals surface area contributed by atoms with E-state index in [1.54, 1.807) is 17.9 Å². The number of methoxy groups -OCH3 is 1. The average molecular weight is 422 g/mol. The van der Waals surface area contributed by atoms with Crippen molar-refractivity contribution in [2.45, 2.75) is 13.5 Å². The molecule has 1 amide bonds. The third-order valence-corrected chi connectivity index (χ3v) is 5.26. The van der Waals surface area contributed by atoms with Gasteiger partial charge in [-0.3, -0.25) is 4.79 Å². The molecule has 2 heterocycles. The maximum atomic E-state index is 13.2. The summed E-state index contributed by atoms with van der Waals surface area (Å²) < 4.78 is 12.6. The van der Waals surface area contributed by atoms with Crippen molar-refractivity contribution in [1.29, 1.82) is 0 Å². The molecule has 0 atom stereocenters. The fourth-order valence-corrected chi connectivity index (χ4v) is 3.66. The van der Waals surface area contributed by atoms with Crippen LogP contribution in [0.3, 0.4) is 0 Å². The number of anilines is 2. The Kier molecular flexibility index (Phi) is 6.20. The standard InChI is InChI=1S/C23H27N5O3/c1-16-12-21(28(26-16)19-5-3-4-17(13-19)15-24)23(29)25-20-7-6-18(14-22(20)30-2)27-8-10-31-11-9-27/h3-7,12-14H,8-11,15,24H2,1-2H3,(H,25,29). The number of nitrogens with one attached hydrogen (secondary N) is 1. The zero-order valence-electron chi connectivity index (χ0n) is 17.8. The number of morpholine rings is 1. The minimum atomic E-state index is -0.267. The van der Waals surface area contributed by atoms with Crippen LogP contribution in [0.1, 0.15) is 21.7 Å². The van der Waals surface area contributed by atoms with E-state index in [1.807, 2.05) is 49.4 Å². The van der Waals surface area contributed by atoms with Crippen LogP contribution in [0.4, 0.5) is 11.4 Å². The molecule has 162 valence electrons. The highest BCUT2D eigenvalue weighted by atomic mass is 16.5. The minimum Gasteiger partial charge on any atom is -0.494 e. The molecular formula is C23H27N5O3. The molecule has 0 unspecified atom stereocenters. The lowest BCUT2D eigenvalue weighted by atomic mass is 10.2. The Balaban J connectivity index is 1.60. The molecule has 3 aromatic rings. The third-order valence-electron chi connectivity index (χ3n) is 5.26. The molecule has 0 saturated carbocycles. The second-order valence-electron chi connectivity index (χ2n) is 7.39. The number of carbonyl (C=O) groups is 1. The first-order valence-corrected chi connectivity index (χ1v) is 10.3. The Bertz CT molecular complexity index is 1070. The van der Waals surface area contributed by atoms with E-state index < -0.39 is 0 Å². The van der Waals surface area contributed by atoms with E-state index in [0.29, 0.717) is 36.9 Å². The fourth-order valence-electron chi connectivity index (χ4n) is 3.66. The van der Waals surface area contributed by atoms with Gasteiger partial charge in [0, 0.05) is 31.4 Å². The third kappa shape index (κ3) is 4.55. The molecule has 31 heavy (non-hydrogen) atoms. The molecule has 1 fully saturated rings. The maximum Gasteiger partial charge on any atom is 0.274 e. The van der Waals surface area contributed by atoms with E-state index in [2.05, 4.69) is 15.3 Å². The summed E-state index contributed by atoms with van der Waals surface area (Å²) in [4.78, 5) is 15.4. The lowest BCUT2D eigenvalue weighted by Gasteiger charge is -2.29. The Morgan fingerprint density at radius 1 is 1.16 bits per heavy atom. The van der Waals surface area contributed by atoms with Gasteiger partial charge in [0.2, 0.25) is 0 Å². The van der Waals surface area contributed by atoms with Gasteiger partial charge in [-0.05, 0) is 42.8 Å². The maximum absolute atomic E-state index is 13.2. The van der Waals surface area contributed by atoms with Crippen LogP contribution < -0.4 is 20.7 Å². The van der Waals surface area contributed by atoms with Gasteiger partial charge in [-0.15, -0.1) is 0 Å². The lowest BCUT2D eigenvalue weighted by Crippen LogP contribution is -2.36. The van der Waals surface area contributed by atoms with Crippen LogP contribution >= 0.6 is 0 Å². The molecule has 0 aliphatic carbocycles. The summed E-state index contributed by atoms with van der Waals surface area (Å²) in [5, 5.41) is 7.47. The number of amides is 1. The number of nitrogens with two attached hydrogens (primary N) is 1. The van der Waals surface area contributed by atoms with Gasteiger partial charge < -0.3 is 25.4 Å². The highest BCUT2D eigenvalue weighted by Crippen LogP contribution is 2.31. The largest absolute Gasteiger partial charge is 0.494 e. The fraction of sp³-hybridized carbons (Fsp3) is 0.304. The monoisotopic (exact) mass is 421 g/mol. The molecule has 4 rings (SSSR count). The molecule has 1 saturated heterocycles. The second-order valence-corrected chi connectivity index (χ2v) is 7.39. The molecule has 2 aromatic carbocycles. The van der Waals surface area contributed by atoms with Crippen LogP contribution in [0.5, 0.6) is 5.75 Å². The topological polar surface area (TPSA) is 94.6 Å². The van der Waals surface area contributed by atoms with Gasteiger partial charge in [-0.1, -0.05) is 12.1 Å². The summed E-state index contributed by atoms with van der Waals surface area (Å²) >= 11 is 0. The number of aromatic nitrogens is 2. The van der Waals surface area contributed by atoms with Crippen LogP contribution in [0, 0.1) is 6.92 Å². The predicted octanol–water partition coefficient (Wildman–Crippen LogP) is 2.74. The van der Waals surface area contributed by atoms with Crippen LogP contribution in [0.25, 0.3) is 5.69 Å². The van der Waals surface area contributed by atoms with Crippen molar-refractivity contribution in [3.05, 3.63) is 65.5 Å². The van der Waals surface area contributed by atoms with Gasteiger partial charge >= 0.3 is 0 Å². The van der Waals surface area contributed by atoms with Crippen molar-refractivity contribution in [1.82, 2.24) is 9.78 Å². The smallest absolute Gasteiger partial charge is 0.274 e. The first-order chi connectivity index (χ1) is 15.1. The Hall–Kier alpha value is -3.36. The molecule has 8 heteroatoms. The van der Waals surface area contributed by atoms with Gasteiger partial charge in [0.15, 0.2) is 0 Å². The molecule has 8 nitrogen and oxygen atoms in total. The van der Waals surface area contributed by atoms with E-state index in [0.717, 1.165) is 35.7 Å². The summed E-state index contributed by atoms with van der Waals surface area (Å²) in [5.74, 6) is 0.335. The summed E-state index contributed by atoms with van der Waals surface area (Å²) in [5.41, 5.74) is 10.4. The van der Waals surface area contributed by atoms with E-state index in [9.17, 15) is 4.79 Å². The summed E-state index contributed by atoms with van der Waals surface area (Å²) in [6.45, 7) is 5.34. The van der Waals surface area contributed by atoms with Crippen LogP contribution in [-0.4, -0.2) is 49.1 Å². The Morgan fingerprint density at radius 2 is 1.97 bits per heavy atom. The van der Waals surface area contributed by atoms with E-state index in [1.165, 1.54) is 0 Å². The van der Waals surface area contributed by atoms with Crippen molar-refractivity contribution in [2.75, 3.05) is 43.6 Å². The van der Waals surface area contributed by atoms with Crippen LogP contribution in [-0.2, 0) is 11.3 Å². The number of nitrogens with zero attached hydrogens (tertiary/aromatic N) is 3. The van der Waals surface area contributed by atoms with Gasteiger partial charge in [0.25, 0.3) is 5.91 Å². The molecule has 3 N–H and O–H groups in total. The number of aryl methyl sites for hydroxylation is 1. The number of rotatable bonds is 6. The minimum absolute atomic E-state index is 0.267. The van der Waals surface area contributed by atoms with Crippen molar-refractivity contribution in [3.63, 3.8) is 0 Å². The molecule has 0 bridgehead atoms. The zero-order chi connectivity index (χ0) is 21.8. The van der Waals surface area contributed by atoms with Crippen LogP contribution in [0.2, 0.25) is 0 Å². The van der Waals surface area contributed by atoms with Crippen molar-refractivity contribution in [3.8, 4) is 11.4 Å². The lowest BCUT2D eigenvalue weighted by molar-refractivity contribution is 0.101. The molecular weight excluding hydrogens is 394 g/mol. The SMILES string of the molecule is COc1cc(N2CCOCC2)ccc1NC(=O)c1cc(C)nn1-c1cccc(CN)c1. The Labute approximate surface area is 181 Å². The summed E-state index contributed by atoms with van der Waals surface area (Å²) in [7, 11) is 1.60. The average Bonchev–Trinajstić information content (AvgIpc) is 3.22. The van der Waals surface area contributed by atoms with Crippen molar-refractivity contribution >= 4 is 17.3 Å². The van der Waals surface area contributed by atoms with Gasteiger partial charge in [-0.2, -0.15) is 5.10 Å². The molecule has 0 spiro atoms. The first kappa shape index (κ1) is 20.9. The van der Waals surface area contributed by atoms with E-state index in [-0.39, 0.29) is 5.91 Å². The highest BCUT2D eigenvalue weighted by Gasteiger charge is 2.19. The summed E-state index contributed by atoms with van der Waals surface area (Å²) in [6.07, 6.45) is 0.